The third-order valence-corrected chi connectivity index (χ3v) is 2.65. The zero-order valence-corrected chi connectivity index (χ0v) is 8.94. The first-order chi connectivity index (χ1) is 7.29. The molecule has 4 nitrogen and oxygen atoms in total. The van der Waals surface area contributed by atoms with E-state index in [4.69, 9.17) is 10.9 Å². The molecule has 15 heavy (non-hydrogen) atoms. The molecule has 0 radical (unpaired) electrons. The lowest BCUT2D eigenvalue weighted by molar-refractivity contribution is 0.124. The van der Waals surface area contributed by atoms with E-state index in [0.29, 0.717) is 5.92 Å². The van der Waals surface area contributed by atoms with Gasteiger partial charge >= 0.3 is 0 Å². The second kappa shape index (κ2) is 4.45. The molecule has 0 unspecified atom stereocenters. The van der Waals surface area contributed by atoms with Gasteiger partial charge in [0.2, 0.25) is 5.89 Å². The Balaban J connectivity index is 1.72. The molecule has 1 aromatic heterocycles. The number of aromatic nitrogens is 2. The molecule has 2 heterocycles. The van der Waals surface area contributed by atoms with Gasteiger partial charge in [0.05, 0.1) is 5.92 Å². The minimum Gasteiger partial charge on any atom is -0.339 e. The molecule has 0 spiro atoms. The molecule has 1 fully saturated rings. The molecule has 0 amide bonds. The molecule has 80 valence electrons. The average molecular weight is 205 g/mol. The van der Waals surface area contributed by atoms with Gasteiger partial charge in [-0.05, 0) is 19.9 Å². The molecule has 1 aliphatic rings. The van der Waals surface area contributed by atoms with Crippen LogP contribution in [0.4, 0.5) is 0 Å². The molecule has 1 aliphatic heterocycles. The van der Waals surface area contributed by atoms with Crippen LogP contribution >= 0.6 is 0 Å². The van der Waals surface area contributed by atoms with E-state index in [1.165, 1.54) is 0 Å². The molecular formula is C11H15N3O. The first-order valence-electron chi connectivity index (χ1n) is 5.25. The highest BCUT2D eigenvalue weighted by Crippen LogP contribution is 2.25. The predicted octanol–water partition coefficient (Wildman–Crippen LogP) is 1.19. The van der Waals surface area contributed by atoms with E-state index in [1.54, 1.807) is 0 Å². The van der Waals surface area contributed by atoms with Crippen molar-refractivity contribution in [3.8, 4) is 12.3 Å². The summed E-state index contributed by atoms with van der Waals surface area (Å²) in [7, 11) is 0. The summed E-state index contributed by atoms with van der Waals surface area (Å²) < 4.78 is 5.12. The van der Waals surface area contributed by atoms with Gasteiger partial charge in [0.25, 0.3) is 0 Å². The van der Waals surface area contributed by atoms with Crippen LogP contribution in [0.15, 0.2) is 4.52 Å². The fourth-order valence-corrected chi connectivity index (χ4v) is 1.79. The second-order valence-electron chi connectivity index (χ2n) is 3.94. The topological polar surface area (TPSA) is 42.2 Å². The molecule has 0 aromatic carbocycles. The van der Waals surface area contributed by atoms with Crippen LogP contribution in [-0.4, -0.2) is 34.7 Å². The Bertz CT molecular complexity index is 360. The van der Waals surface area contributed by atoms with Gasteiger partial charge in [-0.3, -0.25) is 0 Å². The summed E-state index contributed by atoms with van der Waals surface area (Å²) in [5, 5.41) is 3.79. The molecular weight excluding hydrogens is 190 g/mol. The monoisotopic (exact) mass is 205 g/mol. The van der Waals surface area contributed by atoms with E-state index in [0.717, 1.165) is 44.2 Å². The van der Waals surface area contributed by atoms with Gasteiger partial charge in [-0.1, -0.05) is 5.16 Å². The van der Waals surface area contributed by atoms with Gasteiger partial charge in [0.1, 0.15) is 0 Å². The highest BCUT2D eigenvalue weighted by Gasteiger charge is 2.31. The van der Waals surface area contributed by atoms with E-state index in [1.807, 2.05) is 6.92 Å². The summed E-state index contributed by atoms with van der Waals surface area (Å²) in [5.41, 5.74) is 0. The van der Waals surface area contributed by atoms with E-state index in [-0.39, 0.29) is 0 Å². The number of nitrogens with zero attached hydrogens (tertiary/aromatic N) is 3. The predicted molar refractivity (Wildman–Crippen MR) is 56.3 cm³/mol. The molecule has 4 heteroatoms. The lowest BCUT2D eigenvalue weighted by Crippen LogP contribution is -2.45. The van der Waals surface area contributed by atoms with E-state index in [9.17, 15) is 0 Å². The number of hydrogen-bond acceptors (Lipinski definition) is 4. The maximum atomic E-state index is 5.19. The number of terminal acetylenes is 1. The van der Waals surface area contributed by atoms with Gasteiger partial charge in [-0.2, -0.15) is 4.98 Å². The summed E-state index contributed by atoms with van der Waals surface area (Å²) in [5.74, 6) is 4.57. The Labute approximate surface area is 89.7 Å². The summed E-state index contributed by atoms with van der Waals surface area (Å²) in [6.45, 7) is 4.96. The molecule has 2 rings (SSSR count). The summed E-state index contributed by atoms with van der Waals surface area (Å²) >= 11 is 0. The lowest BCUT2D eigenvalue weighted by atomic mass is 10.00. The maximum Gasteiger partial charge on any atom is 0.232 e. The van der Waals surface area contributed by atoms with Crippen LogP contribution < -0.4 is 0 Å². The summed E-state index contributed by atoms with van der Waals surface area (Å²) in [6.07, 6.45) is 7.13. The fourth-order valence-electron chi connectivity index (χ4n) is 1.79. The van der Waals surface area contributed by atoms with Gasteiger partial charge in [0, 0.05) is 19.5 Å². The van der Waals surface area contributed by atoms with Crippen molar-refractivity contribution in [2.45, 2.75) is 25.7 Å². The molecule has 0 aliphatic carbocycles. The standard InChI is InChI=1S/C11H15N3O/c1-3-4-5-6-14-7-10(8-14)11-12-9(2)13-15-11/h1,10H,4-8H2,2H3. The highest BCUT2D eigenvalue weighted by atomic mass is 16.5. The lowest BCUT2D eigenvalue weighted by Gasteiger charge is -2.36. The van der Waals surface area contributed by atoms with Crippen LogP contribution in [0.1, 0.15) is 30.5 Å². The number of likely N-dealkylation sites (tertiary alicyclic amines) is 1. The van der Waals surface area contributed by atoms with Gasteiger partial charge < -0.3 is 9.42 Å². The van der Waals surface area contributed by atoms with Crippen molar-refractivity contribution in [3.05, 3.63) is 11.7 Å². The number of unbranched alkanes of at least 4 members (excludes halogenated alkanes) is 1. The fraction of sp³-hybridized carbons (Fsp3) is 0.636. The van der Waals surface area contributed by atoms with Crippen LogP contribution in [0.3, 0.4) is 0 Å². The zero-order valence-electron chi connectivity index (χ0n) is 8.94. The van der Waals surface area contributed by atoms with Crippen LogP contribution in [0.2, 0.25) is 0 Å². The van der Waals surface area contributed by atoms with Gasteiger partial charge in [-0.25, -0.2) is 0 Å². The molecule has 0 saturated carbocycles. The van der Waals surface area contributed by atoms with Crippen molar-refractivity contribution >= 4 is 0 Å². The van der Waals surface area contributed by atoms with E-state index >= 15 is 0 Å². The number of hydrogen-bond donors (Lipinski definition) is 0. The Hall–Kier alpha value is -1.34. The Morgan fingerprint density at radius 2 is 2.40 bits per heavy atom. The van der Waals surface area contributed by atoms with Crippen LogP contribution in [0.25, 0.3) is 0 Å². The first-order valence-corrected chi connectivity index (χ1v) is 5.25. The van der Waals surface area contributed by atoms with Gasteiger partial charge in [0.15, 0.2) is 5.82 Å². The molecule has 1 saturated heterocycles. The average Bonchev–Trinajstić information content (AvgIpc) is 2.56. The molecule has 0 bridgehead atoms. The van der Waals surface area contributed by atoms with Crippen molar-refractivity contribution in [2.75, 3.05) is 19.6 Å². The van der Waals surface area contributed by atoms with Crippen molar-refractivity contribution in [2.24, 2.45) is 0 Å². The SMILES string of the molecule is C#CCCCN1CC(c2nc(C)no2)C1. The van der Waals surface area contributed by atoms with Crippen molar-refractivity contribution in [3.63, 3.8) is 0 Å². The van der Waals surface area contributed by atoms with Crippen LogP contribution in [0.5, 0.6) is 0 Å². The number of aryl methyl sites for hydroxylation is 1. The van der Waals surface area contributed by atoms with Gasteiger partial charge in [-0.15, -0.1) is 12.3 Å². The van der Waals surface area contributed by atoms with Crippen LogP contribution in [-0.2, 0) is 0 Å². The molecule has 1 aromatic rings. The number of rotatable bonds is 4. The van der Waals surface area contributed by atoms with Crippen molar-refractivity contribution in [1.29, 1.82) is 0 Å². The Kier molecular flexibility index (Phi) is 3.02. The quantitative estimate of drug-likeness (QED) is 0.547. The Morgan fingerprint density at radius 1 is 1.60 bits per heavy atom. The Morgan fingerprint density at radius 3 is 3.00 bits per heavy atom. The largest absolute Gasteiger partial charge is 0.339 e. The third kappa shape index (κ3) is 2.37. The first kappa shape index (κ1) is 10.2. The third-order valence-electron chi connectivity index (χ3n) is 2.65. The highest BCUT2D eigenvalue weighted by molar-refractivity contribution is 5.01. The minimum atomic E-state index is 0.428. The summed E-state index contributed by atoms with van der Waals surface area (Å²) in [4.78, 5) is 6.59. The summed E-state index contributed by atoms with van der Waals surface area (Å²) in [6, 6.07) is 0. The smallest absolute Gasteiger partial charge is 0.232 e. The normalized spacial score (nSPS) is 17.3. The zero-order chi connectivity index (χ0) is 10.7. The van der Waals surface area contributed by atoms with Crippen molar-refractivity contribution < 1.29 is 4.52 Å². The van der Waals surface area contributed by atoms with E-state index < -0.39 is 0 Å². The minimum absolute atomic E-state index is 0.428. The van der Waals surface area contributed by atoms with Crippen molar-refractivity contribution in [1.82, 2.24) is 15.0 Å². The second-order valence-corrected chi connectivity index (χ2v) is 3.94. The molecule has 0 atom stereocenters. The maximum absolute atomic E-state index is 5.19. The molecule has 0 N–H and O–H groups in total. The van der Waals surface area contributed by atoms with E-state index in [2.05, 4.69) is 21.0 Å². The van der Waals surface area contributed by atoms with Crippen LogP contribution in [0, 0.1) is 19.3 Å².